The van der Waals surface area contributed by atoms with E-state index in [0.29, 0.717) is 22.0 Å². The van der Waals surface area contributed by atoms with Crippen molar-refractivity contribution in [3.8, 4) is 0 Å². The lowest BCUT2D eigenvalue weighted by Crippen LogP contribution is -2.32. The van der Waals surface area contributed by atoms with Gasteiger partial charge in [0.15, 0.2) is 5.67 Å². The van der Waals surface area contributed by atoms with Gasteiger partial charge >= 0.3 is 0 Å². The van der Waals surface area contributed by atoms with Crippen LogP contribution < -0.4 is 5.73 Å². The molecular weight excluding hydrogens is 339 g/mol. The number of nitrogens with two attached hydrogens (primary N) is 1. The number of amides is 2. The fourth-order valence-electron chi connectivity index (χ4n) is 2.72. The molecule has 4 nitrogen and oxygen atoms in total. The Balaban J connectivity index is 1.80. The van der Waals surface area contributed by atoms with Crippen LogP contribution >= 0.6 is 22.9 Å². The monoisotopic (exact) mass is 352 g/mol. The van der Waals surface area contributed by atoms with Crippen LogP contribution in [0.1, 0.15) is 32.0 Å². The summed E-state index contributed by atoms with van der Waals surface area (Å²) in [7, 11) is 0. The van der Waals surface area contributed by atoms with E-state index in [2.05, 4.69) is 0 Å². The highest BCUT2D eigenvalue weighted by Gasteiger charge is 2.43. The highest BCUT2D eigenvalue weighted by Crippen LogP contribution is 2.40. The van der Waals surface area contributed by atoms with Crippen molar-refractivity contribution >= 4 is 34.8 Å². The van der Waals surface area contributed by atoms with Crippen LogP contribution in [-0.2, 0) is 5.67 Å². The molecule has 0 radical (unpaired) electrons. The minimum atomic E-state index is -1.65. The van der Waals surface area contributed by atoms with E-state index in [9.17, 15) is 9.59 Å². The van der Waals surface area contributed by atoms with Gasteiger partial charge in [0.25, 0.3) is 5.91 Å². The summed E-state index contributed by atoms with van der Waals surface area (Å²) >= 11 is 7.22. The zero-order valence-electron chi connectivity index (χ0n) is 12.1. The van der Waals surface area contributed by atoms with Gasteiger partial charge in [-0.25, -0.2) is 4.39 Å². The Morgan fingerprint density at radius 3 is 2.74 bits per heavy atom. The van der Waals surface area contributed by atoms with Crippen LogP contribution in [-0.4, -0.2) is 29.8 Å². The van der Waals surface area contributed by atoms with Crippen molar-refractivity contribution in [3.05, 3.63) is 56.7 Å². The van der Waals surface area contributed by atoms with E-state index in [4.69, 9.17) is 17.3 Å². The Labute approximate surface area is 141 Å². The Morgan fingerprint density at radius 2 is 2.09 bits per heavy atom. The minimum absolute atomic E-state index is 0.0562. The molecule has 1 atom stereocenters. The minimum Gasteiger partial charge on any atom is -0.366 e. The third-order valence-electron chi connectivity index (χ3n) is 3.96. The highest BCUT2D eigenvalue weighted by molar-refractivity contribution is 7.12. The number of thiophene rings is 1. The molecule has 1 fully saturated rings. The molecule has 23 heavy (non-hydrogen) atoms. The molecule has 1 aromatic carbocycles. The summed E-state index contributed by atoms with van der Waals surface area (Å²) < 4.78 is 15.2. The van der Waals surface area contributed by atoms with Crippen LogP contribution in [0, 0.1) is 0 Å². The van der Waals surface area contributed by atoms with Crippen molar-refractivity contribution in [2.75, 3.05) is 13.1 Å². The maximum absolute atomic E-state index is 15.2. The molecule has 0 bridgehead atoms. The number of nitrogens with zero attached hydrogens (tertiary/aromatic N) is 1. The quantitative estimate of drug-likeness (QED) is 0.921. The van der Waals surface area contributed by atoms with Crippen LogP contribution in [0.5, 0.6) is 0 Å². The number of likely N-dealkylation sites (tertiary alicyclic amines) is 1. The number of primary amides is 1. The van der Waals surface area contributed by atoms with Gasteiger partial charge in [-0.1, -0.05) is 29.8 Å². The molecular formula is C16H14ClFN2O2S. The predicted molar refractivity (Wildman–Crippen MR) is 87.6 cm³/mol. The maximum atomic E-state index is 15.2. The lowest BCUT2D eigenvalue weighted by atomic mass is 9.95. The van der Waals surface area contributed by atoms with Crippen molar-refractivity contribution in [1.82, 2.24) is 4.90 Å². The summed E-state index contributed by atoms with van der Waals surface area (Å²) in [5.74, 6) is -0.883. The molecule has 1 aliphatic rings. The maximum Gasteiger partial charge on any atom is 0.264 e. The van der Waals surface area contributed by atoms with Gasteiger partial charge in [-0.05, 0) is 12.1 Å². The zero-order valence-corrected chi connectivity index (χ0v) is 13.7. The Hall–Kier alpha value is -1.92. The van der Waals surface area contributed by atoms with Crippen molar-refractivity contribution in [2.45, 2.75) is 12.1 Å². The first kappa shape index (κ1) is 16.0. The molecule has 0 aliphatic carbocycles. The second-order valence-corrected chi connectivity index (χ2v) is 6.80. The van der Waals surface area contributed by atoms with Crippen LogP contribution in [0.3, 0.4) is 0 Å². The normalized spacial score (nSPS) is 20.7. The summed E-state index contributed by atoms with van der Waals surface area (Å²) in [6, 6.07) is 8.20. The molecule has 2 heterocycles. The largest absolute Gasteiger partial charge is 0.366 e. The van der Waals surface area contributed by atoms with Crippen molar-refractivity contribution in [1.29, 1.82) is 0 Å². The van der Waals surface area contributed by atoms with E-state index in [1.807, 2.05) is 0 Å². The van der Waals surface area contributed by atoms with Gasteiger partial charge in [0.1, 0.15) is 0 Å². The molecule has 1 aromatic heterocycles. The molecule has 1 aliphatic heterocycles. The number of halogens is 2. The summed E-state index contributed by atoms with van der Waals surface area (Å²) in [6.45, 7) is 0.240. The number of benzene rings is 1. The molecule has 1 saturated heterocycles. The fraction of sp³-hybridized carbons (Fsp3) is 0.250. The van der Waals surface area contributed by atoms with Crippen LogP contribution in [0.15, 0.2) is 35.7 Å². The summed E-state index contributed by atoms with van der Waals surface area (Å²) in [6.07, 6.45) is 0.191. The fourth-order valence-corrected chi connectivity index (χ4v) is 3.89. The topological polar surface area (TPSA) is 63.4 Å². The number of alkyl halides is 1. The molecule has 2 amide bonds. The Bertz CT molecular complexity index is 779. The summed E-state index contributed by atoms with van der Waals surface area (Å²) in [4.78, 5) is 25.4. The van der Waals surface area contributed by atoms with Crippen molar-refractivity contribution < 1.29 is 14.0 Å². The number of carbonyl (C=O) groups is 2. The van der Waals surface area contributed by atoms with E-state index in [1.54, 1.807) is 24.3 Å². The van der Waals surface area contributed by atoms with Crippen molar-refractivity contribution in [2.24, 2.45) is 5.73 Å². The van der Waals surface area contributed by atoms with Crippen LogP contribution in [0.2, 0.25) is 5.02 Å². The molecule has 0 saturated carbocycles. The summed E-state index contributed by atoms with van der Waals surface area (Å²) in [5.41, 5.74) is 4.22. The number of rotatable bonds is 3. The molecule has 0 spiro atoms. The molecule has 1 unspecified atom stereocenters. The smallest absolute Gasteiger partial charge is 0.264 e. The number of hydrogen-bond acceptors (Lipinski definition) is 3. The highest BCUT2D eigenvalue weighted by atomic mass is 35.5. The first-order valence-electron chi connectivity index (χ1n) is 7.02. The second-order valence-electron chi connectivity index (χ2n) is 5.49. The van der Waals surface area contributed by atoms with Gasteiger partial charge in [-0.15, -0.1) is 11.3 Å². The van der Waals surface area contributed by atoms with E-state index in [-0.39, 0.29) is 24.4 Å². The molecule has 2 N–H and O–H groups in total. The van der Waals surface area contributed by atoms with Gasteiger partial charge in [-0.2, -0.15) is 0 Å². The summed E-state index contributed by atoms with van der Waals surface area (Å²) in [5, 5.41) is 1.89. The van der Waals surface area contributed by atoms with Crippen LogP contribution in [0.4, 0.5) is 4.39 Å². The predicted octanol–water partition coefficient (Wildman–Crippen LogP) is 3.21. The third-order valence-corrected chi connectivity index (χ3v) is 5.21. The van der Waals surface area contributed by atoms with Gasteiger partial charge in [0, 0.05) is 28.9 Å². The van der Waals surface area contributed by atoms with Gasteiger partial charge in [0.2, 0.25) is 5.91 Å². The average Bonchev–Trinajstić information content (AvgIpc) is 3.15. The van der Waals surface area contributed by atoms with Gasteiger partial charge in [-0.3, -0.25) is 9.59 Å². The SMILES string of the molecule is NC(=O)c1csc(C(=O)N2CCC(F)(c3ccccc3Cl)C2)c1. The molecule has 3 rings (SSSR count). The first-order valence-corrected chi connectivity index (χ1v) is 8.28. The van der Waals surface area contributed by atoms with E-state index >= 15 is 4.39 Å². The van der Waals surface area contributed by atoms with E-state index < -0.39 is 11.6 Å². The third kappa shape index (κ3) is 2.96. The second kappa shape index (κ2) is 5.94. The average molecular weight is 353 g/mol. The number of hydrogen-bond donors (Lipinski definition) is 1. The van der Waals surface area contributed by atoms with E-state index in [1.165, 1.54) is 16.3 Å². The Morgan fingerprint density at radius 1 is 1.35 bits per heavy atom. The Kier molecular flexibility index (Phi) is 4.12. The van der Waals surface area contributed by atoms with Gasteiger partial charge in [0.05, 0.1) is 17.0 Å². The van der Waals surface area contributed by atoms with E-state index in [0.717, 1.165) is 11.3 Å². The van der Waals surface area contributed by atoms with Crippen molar-refractivity contribution in [3.63, 3.8) is 0 Å². The lowest BCUT2D eigenvalue weighted by molar-refractivity contribution is 0.0755. The first-order chi connectivity index (χ1) is 10.9. The van der Waals surface area contributed by atoms with Crippen LogP contribution in [0.25, 0.3) is 0 Å². The standard InChI is InChI=1S/C16H14ClFN2O2S/c17-12-4-2-1-3-11(12)16(18)5-6-20(9-16)15(22)13-7-10(8-23-13)14(19)21/h1-4,7-8H,5-6,9H2,(H2,19,21). The number of carbonyl (C=O) groups excluding carboxylic acids is 2. The molecule has 7 heteroatoms. The lowest BCUT2D eigenvalue weighted by Gasteiger charge is -2.22. The molecule has 120 valence electrons. The van der Waals surface area contributed by atoms with Gasteiger partial charge < -0.3 is 10.6 Å². The zero-order chi connectivity index (χ0) is 16.6. The molecule has 2 aromatic rings.